The highest BCUT2D eigenvalue weighted by Crippen LogP contribution is 2.28. The minimum Gasteiger partial charge on any atom is -0.366 e. The van der Waals surface area contributed by atoms with E-state index in [0.717, 1.165) is 37.2 Å². The van der Waals surface area contributed by atoms with Crippen LogP contribution < -0.4 is 10.9 Å². The standard InChI is InChI=1S/C18H21N7O/c1-13-3-8-18(26)25(23-13)15-6-4-14(5-7-15)21-16-11-19-12-17(22-16)24-10-2-9-20-24/h2-3,8-12,14-15H,4-7H2,1H3,(H,21,22). The SMILES string of the molecule is Cc1ccc(=O)n(C2CCC(Nc3cncc(-n4cccn4)n3)CC2)n1. The zero-order chi connectivity index (χ0) is 17.9. The van der Waals surface area contributed by atoms with Gasteiger partial charge in [-0.2, -0.15) is 10.2 Å². The quantitative estimate of drug-likeness (QED) is 0.774. The molecule has 26 heavy (non-hydrogen) atoms. The highest BCUT2D eigenvalue weighted by molar-refractivity contribution is 5.36. The van der Waals surface area contributed by atoms with Gasteiger partial charge in [-0.25, -0.2) is 14.3 Å². The van der Waals surface area contributed by atoms with E-state index < -0.39 is 0 Å². The number of aryl methyl sites for hydroxylation is 1. The molecule has 1 fully saturated rings. The number of hydrogen-bond acceptors (Lipinski definition) is 6. The first kappa shape index (κ1) is 16.4. The van der Waals surface area contributed by atoms with Crippen molar-refractivity contribution in [2.45, 2.75) is 44.7 Å². The van der Waals surface area contributed by atoms with E-state index in [9.17, 15) is 4.79 Å². The lowest BCUT2D eigenvalue weighted by molar-refractivity contribution is 0.302. The maximum Gasteiger partial charge on any atom is 0.267 e. The van der Waals surface area contributed by atoms with Crippen molar-refractivity contribution in [1.82, 2.24) is 29.5 Å². The summed E-state index contributed by atoms with van der Waals surface area (Å²) in [6.07, 6.45) is 10.7. The molecule has 1 aliphatic carbocycles. The van der Waals surface area contributed by atoms with E-state index in [-0.39, 0.29) is 11.6 Å². The Morgan fingerprint density at radius 2 is 2.00 bits per heavy atom. The Balaban J connectivity index is 1.41. The molecule has 1 aliphatic rings. The first-order valence-corrected chi connectivity index (χ1v) is 8.84. The van der Waals surface area contributed by atoms with Crippen LogP contribution in [0.25, 0.3) is 5.82 Å². The number of aromatic nitrogens is 6. The number of nitrogens with zero attached hydrogens (tertiary/aromatic N) is 6. The molecule has 0 aliphatic heterocycles. The molecule has 8 heteroatoms. The van der Waals surface area contributed by atoms with E-state index in [1.165, 1.54) is 0 Å². The summed E-state index contributed by atoms with van der Waals surface area (Å²) in [4.78, 5) is 20.9. The van der Waals surface area contributed by atoms with Gasteiger partial charge in [0.15, 0.2) is 5.82 Å². The number of rotatable bonds is 4. The molecule has 4 rings (SSSR count). The lowest BCUT2D eigenvalue weighted by atomic mass is 9.91. The van der Waals surface area contributed by atoms with Gasteiger partial charge in [0.05, 0.1) is 24.1 Å². The summed E-state index contributed by atoms with van der Waals surface area (Å²) in [5, 5.41) is 12.0. The summed E-state index contributed by atoms with van der Waals surface area (Å²) in [7, 11) is 0. The van der Waals surface area contributed by atoms with Crippen molar-refractivity contribution in [3.8, 4) is 5.82 Å². The average Bonchev–Trinajstić information content (AvgIpc) is 3.20. The Bertz CT molecular complexity index is 927. The van der Waals surface area contributed by atoms with Crippen LogP contribution in [0, 0.1) is 6.92 Å². The van der Waals surface area contributed by atoms with Crippen LogP contribution >= 0.6 is 0 Å². The molecule has 0 spiro atoms. The molecule has 0 aromatic carbocycles. The largest absolute Gasteiger partial charge is 0.366 e. The fourth-order valence-corrected chi connectivity index (χ4v) is 3.40. The Morgan fingerprint density at radius 3 is 2.77 bits per heavy atom. The molecule has 0 unspecified atom stereocenters. The van der Waals surface area contributed by atoms with Crippen molar-refractivity contribution in [2.24, 2.45) is 0 Å². The van der Waals surface area contributed by atoms with Gasteiger partial charge in [0.2, 0.25) is 0 Å². The van der Waals surface area contributed by atoms with Crippen LogP contribution in [0.5, 0.6) is 0 Å². The minimum atomic E-state index is -0.0233. The van der Waals surface area contributed by atoms with E-state index in [2.05, 4.69) is 25.5 Å². The second-order valence-corrected chi connectivity index (χ2v) is 6.62. The number of anilines is 1. The minimum absolute atomic E-state index is 0.0233. The van der Waals surface area contributed by atoms with Gasteiger partial charge in [-0.3, -0.25) is 9.78 Å². The first-order chi connectivity index (χ1) is 12.7. The Hall–Kier alpha value is -3.03. The highest BCUT2D eigenvalue weighted by atomic mass is 16.1. The molecule has 1 saturated carbocycles. The first-order valence-electron chi connectivity index (χ1n) is 8.84. The van der Waals surface area contributed by atoms with Gasteiger partial charge in [-0.1, -0.05) is 0 Å². The van der Waals surface area contributed by atoms with Crippen molar-refractivity contribution >= 4 is 5.82 Å². The number of hydrogen-bond donors (Lipinski definition) is 1. The molecule has 0 saturated heterocycles. The second-order valence-electron chi connectivity index (χ2n) is 6.62. The van der Waals surface area contributed by atoms with E-state index in [4.69, 9.17) is 0 Å². The van der Waals surface area contributed by atoms with Crippen LogP contribution in [0.4, 0.5) is 5.82 Å². The molecular formula is C18H21N7O. The monoisotopic (exact) mass is 351 g/mol. The molecule has 0 bridgehead atoms. The van der Waals surface area contributed by atoms with Crippen LogP contribution in [0.2, 0.25) is 0 Å². The zero-order valence-electron chi connectivity index (χ0n) is 14.6. The van der Waals surface area contributed by atoms with Crippen molar-refractivity contribution < 1.29 is 0 Å². The Kier molecular flexibility index (Phi) is 4.47. The molecule has 1 N–H and O–H groups in total. The summed E-state index contributed by atoms with van der Waals surface area (Å²) < 4.78 is 3.33. The van der Waals surface area contributed by atoms with Gasteiger partial charge >= 0.3 is 0 Å². The van der Waals surface area contributed by atoms with Crippen molar-refractivity contribution in [1.29, 1.82) is 0 Å². The third-order valence-electron chi connectivity index (χ3n) is 4.71. The van der Waals surface area contributed by atoms with Crippen LogP contribution in [0.3, 0.4) is 0 Å². The van der Waals surface area contributed by atoms with Gasteiger partial charge in [-0.15, -0.1) is 0 Å². The molecule has 3 aromatic rings. The zero-order valence-corrected chi connectivity index (χ0v) is 14.6. The lowest BCUT2D eigenvalue weighted by Crippen LogP contribution is -2.33. The Morgan fingerprint density at radius 1 is 1.15 bits per heavy atom. The maximum absolute atomic E-state index is 12.1. The molecular weight excluding hydrogens is 330 g/mol. The third-order valence-corrected chi connectivity index (χ3v) is 4.71. The summed E-state index contributed by atoms with van der Waals surface area (Å²) in [6, 6.07) is 5.70. The Labute approximate surface area is 150 Å². The van der Waals surface area contributed by atoms with Gasteiger partial charge in [0, 0.05) is 24.5 Å². The molecule has 3 heterocycles. The summed E-state index contributed by atoms with van der Waals surface area (Å²) in [6.45, 7) is 1.91. The summed E-state index contributed by atoms with van der Waals surface area (Å²) in [5.41, 5.74) is 0.848. The second kappa shape index (κ2) is 7.07. The van der Waals surface area contributed by atoms with Crippen molar-refractivity contribution in [2.75, 3.05) is 5.32 Å². The summed E-state index contributed by atoms with van der Waals surface area (Å²) in [5.74, 6) is 1.43. The molecule has 8 nitrogen and oxygen atoms in total. The van der Waals surface area contributed by atoms with E-state index in [1.807, 2.05) is 19.2 Å². The van der Waals surface area contributed by atoms with Crippen LogP contribution in [0.15, 0.2) is 47.8 Å². The van der Waals surface area contributed by atoms with Gasteiger partial charge in [0.25, 0.3) is 5.56 Å². The topological polar surface area (TPSA) is 90.5 Å². The fraction of sp³-hybridized carbons (Fsp3) is 0.389. The maximum atomic E-state index is 12.1. The van der Waals surface area contributed by atoms with Gasteiger partial charge in [0.1, 0.15) is 5.82 Å². The normalized spacial score (nSPS) is 20.0. The number of nitrogens with one attached hydrogen (secondary N) is 1. The molecule has 3 aromatic heterocycles. The van der Waals surface area contributed by atoms with E-state index in [1.54, 1.807) is 40.1 Å². The lowest BCUT2D eigenvalue weighted by Gasteiger charge is -2.29. The summed E-state index contributed by atoms with van der Waals surface area (Å²) >= 11 is 0. The van der Waals surface area contributed by atoms with E-state index >= 15 is 0 Å². The fourth-order valence-electron chi connectivity index (χ4n) is 3.40. The predicted molar refractivity (Wildman–Crippen MR) is 97.3 cm³/mol. The van der Waals surface area contributed by atoms with Crippen molar-refractivity contribution in [3.05, 3.63) is 59.0 Å². The van der Waals surface area contributed by atoms with Crippen molar-refractivity contribution in [3.63, 3.8) is 0 Å². The molecule has 0 amide bonds. The van der Waals surface area contributed by atoms with Gasteiger partial charge < -0.3 is 5.32 Å². The molecule has 0 radical (unpaired) electrons. The van der Waals surface area contributed by atoms with Gasteiger partial charge in [-0.05, 0) is 44.7 Å². The van der Waals surface area contributed by atoms with Crippen LogP contribution in [-0.4, -0.2) is 35.6 Å². The highest BCUT2D eigenvalue weighted by Gasteiger charge is 2.24. The average molecular weight is 351 g/mol. The smallest absolute Gasteiger partial charge is 0.267 e. The van der Waals surface area contributed by atoms with Crippen LogP contribution in [0.1, 0.15) is 37.4 Å². The third kappa shape index (κ3) is 3.49. The molecule has 0 atom stereocenters. The van der Waals surface area contributed by atoms with Crippen LogP contribution in [-0.2, 0) is 0 Å². The van der Waals surface area contributed by atoms with E-state index in [0.29, 0.717) is 11.9 Å². The predicted octanol–water partition coefficient (Wildman–Crippen LogP) is 2.12. The molecule has 134 valence electrons.